The van der Waals surface area contributed by atoms with Crippen LogP contribution in [-0.4, -0.2) is 32.1 Å². The molecular formula is C11H13F2N3. The summed E-state index contributed by atoms with van der Waals surface area (Å²) in [6.07, 6.45) is 0. The third-order valence-corrected chi connectivity index (χ3v) is 2.03. The fourth-order valence-electron chi connectivity index (χ4n) is 1.21. The van der Waals surface area contributed by atoms with Crippen molar-refractivity contribution in [2.75, 3.05) is 32.5 Å². The summed E-state index contributed by atoms with van der Waals surface area (Å²) in [7, 11) is 3.74. The quantitative estimate of drug-likeness (QED) is 0.849. The third kappa shape index (κ3) is 3.17. The number of nitrogens with one attached hydrogen (secondary N) is 1. The normalized spacial score (nSPS) is 10.2. The van der Waals surface area contributed by atoms with Gasteiger partial charge in [0.05, 0.1) is 11.6 Å². The molecule has 0 heterocycles. The maximum absolute atomic E-state index is 13.4. The van der Waals surface area contributed by atoms with E-state index in [0.717, 1.165) is 12.1 Å². The highest BCUT2D eigenvalue weighted by molar-refractivity contribution is 5.50. The average Bonchev–Trinajstić information content (AvgIpc) is 2.21. The molecule has 0 saturated heterocycles. The first-order valence-electron chi connectivity index (χ1n) is 4.82. The van der Waals surface area contributed by atoms with Crippen LogP contribution >= 0.6 is 0 Å². The van der Waals surface area contributed by atoms with Gasteiger partial charge in [-0.1, -0.05) is 0 Å². The van der Waals surface area contributed by atoms with Gasteiger partial charge in [-0.15, -0.1) is 0 Å². The molecule has 0 aliphatic rings. The lowest BCUT2D eigenvalue weighted by Gasteiger charge is -2.12. The van der Waals surface area contributed by atoms with E-state index in [1.54, 1.807) is 6.07 Å². The Hall–Kier alpha value is -1.67. The molecule has 1 N–H and O–H groups in total. The molecule has 1 rings (SSSR count). The minimum Gasteiger partial charge on any atom is -0.379 e. The Kier molecular flexibility index (Phi) is 4.20. The summed E-state index contributed by atoms with van der Waals surface area (Å²) in [5, 5.41) is 11.2. The van der Waals surface area contributed by atoms with Gasteiger partial charge in [0.25, 0.3) is 0 Å². The minimum atomic E-state index is -0.740. The largest absolute Gasteiger partial charge is 0.379 e. The van der Waals surface area contributed by atoms with Crippen molar-refractivity contribution in [1.82, 2.24) is 4.90 Å². The molecule has 0 aliphatic heterocycles. The number of likely N-dealkylation sites (N-methyl/N-ethyl adjacent to an activating group) is 1. The van der Waals surface area contributed by atoms with Crippen molar-refractivity contribution < 1.29 is 8.78 Å². The third-order valence-electron chi connectivity index (χ3n) is 2.03. The van der Waals surface area contributed by atoms with E-state index in [-0.39, 0.29) is 11.3 Å². The Morgan fingerprint density at radius 2 is 1.88 bits per heavy atom. The number of benzene rings is 1. The van der Waals surface area contributed by atoms with Gasteiger partial charge in [0.15, 0.2) is 11.6 Å². The summed E-state index contributed by atoms with van der Waals surface area (Å²) in [5.41, 5.74) is -0.200. The molecule has 0 unspecified atom stereocenters. The van der Waals surface area contributed by atoms with Gasteiger partial charge >= 0.3 is 0 Å². The van der Waals surface area contributed by atoms with E-state index in [0.29, 0.717) is 13.1 Å². The highest BCUT2D eigenvalue weighted by atomic mass is 19.1. The van der Waals surface area contributed by atoms with Crippen LogP contribution in [0.5, 0.6) is 0 Å². The Morgan fingerprint density at radius 1 is 1.31 bits per heavy atom. The van der Waals surface area contributed by atoms with Gasteiger partial charge in [0.1, 0.15) is 5.69 Å². The van der Waals surface area contributed by atoms with Crippen molar-refractivity contribution in [1.29, 1.82) is 5.26 Å². The molecule has 0 atom stereocenters. The van der Waals surface area contributed by atoms with E-state index in [2.05, 4.69) is 5.32 Å². The number of halogens is 2. The van der Waals surface area contributed by atoms with Gasteiger partial charge in [0.2, 0.25) is 0 Å². The standard InChI is InChI=1S/C11H13F2N3/c1-16(2)4-3-15-11-9(12)5-8(7-14)6-10(11)13/h5-6,15H,3-4H2,1-2H3. The lowest BCUT2D eigenvalue weighted by molar-refractivity contribution is 0.424. The molecule has 1 aromatic carbocycles. The van der Waals surface area contributed by atoms with Gasteiger partial charge in [-0.2, -0.15) is 5.26 Å². The highest BCUT2D eigenvalue weighted by Gasteiger charge is 2.10. The molecule has 0 spiro atoms. The zero-order valence-electron chi connectivity index (χ0n) is 9.22. The molecule has 5 heteroatoms. The summed E-state index contributed by atoms with van der Waals surface area (Å²) in [4.78, 5) is 1.90. The predicted octanol–water partition coefficient (Wildman–Crippen LogP) is 1.81. The average molecular weight is 225 g/mol. The predicted molar refractivity (Wildman–Crippen MR) is 58.1 cm³/mol. The van der Waals surface area contributed by atoms with Crippen molar-refractivity contribution in [2.45, 2.75) is 0 Å². The summed E-state index contributed by atoms with van der Waals surface area (Å²) in [6.45, 7) is 1.10. The van der Waals surface area contributed by atoms with E-state index in [1.165, 1.54) is 0 Å². The maximum Gasteiger partial charge on any atom is 0.150 e. The molecule has 0 fully saturated rings. The first kappa shape index (κ1) is 12.4. The van der Waals surface area contributed by atoms with Gasteiger partial charge in [-0.3, -0.25) is 0 Å². The van der Waals surface area contributed by atoms with Gasteiger partial charge in [0, 0.05) is 13.1 Å². The number of nitrogens with zero attached hydrogens (tertiary/aromatic N) is 2. The summed E-state index contributed by atoms with van der Waals surface area (Å²) < 4.78 is 26.7. The van der Waals surface area contributed by atoms with E-state index in [1.807, 2.05) is 19.0 Å². The highest BCUT2D eigenvalue weighted by Crippen LogP contribution is 2.20. The molecule has 3 nitrogen and oxygen atoms in total. The van der Waals surface area contributed by atoms with Crippen LogP contribution in [0.15, 0.2) is 12.1 Å². The number of anilines is 1. The molecule has 0 radical (unpaired) electrons. The smallest absolute Gasteiger partial charge is 0.150 e. The zero-order valence-corrected chi connectivity index (χ0v) is 9.22. The lowest BCUT2D eigenvalue weighted by atomic mass is 10.2. The Morgan fingerprint density at radius 3 is 2.31 bits per heavy atom. The molecule has 0 amide bonds. The Bertz CT molecular complexity index is 387. The van der Waals surface area contributed by atoms with Crippen LogP contribution in [0.3, 0.4) is 0 Å². The first-order chi connectivity index (χ1) is 7.54. The van der Waals surface area contributed by atoms with E-state index in [9.17, 15) is 8.78 Å². The van der Waals surface area contributed by atoms with Crippen molar-refractivity contribution >= 4 is 5.69 Å². The van der Waals surface area contributed by atoms with Crippen LogP contribution in [-0.2, 0) is 0 Å². The molecular weight excluding hydrogens is 212 g/mol. The Balaban J connectivity index is 2.77. The SMILES string of the molecule is CN(C)CCNc1c(F)cc(C#N)cc1F. The lowest BCUT2D eigenvalue weighted by Crippen LogP contribution is -2.21. The molecule has 0 aliphatic carbocycles. The van der Waals surface area contributed by atoms with Crippen LogP contribution in [0.2, 0.25) is 0 Å². The fraction of sp³-hybridized carbons (Fsp3) is 0.364. The van der Waals surface area contributed by atoms with Crippen LogP contribution in [0.4, 0.5) is 14.5 Å². The molecule has 86 valence electrons. The fourth-order valence-corrected chi connectivity index (χ4v) is 1.21. The molecule has 0 bridgehead atoms. The van der Waals surface area contributed by atoms with Crippen LogP contribution in [0.1, 0.15) is 5.56 Å². The second kappa shape index (κ2) is 5.42. The second-order valence-electron chi connectivity index (χ2n) is 3.66. The van der Waals surface area contributed by atoms with Gasteiger partial charge < -0.3 is 10.2 Å². The number of nitriles is 1. The second-order valence-corrected chi connectivity index (χ2v) is 3.66. The summed E-state index contributed by atoms with van der Waals surface area (Å²) in [6, 6.07) is 3.72. The number of hydrogen-bond acceptors (Lipinski definition) is 3. The van der Waals surface area contributed by atoms with Crippen LogP contribution in [0.25, 0.3) is 0 Å². The van der Waals surface area contributed by atoms with E-state index >= 15 is 0 Å². The van der Waals surface area contributed by atoms with Crippen LogP contribution in [0, 0.1) is 23.0 Å². The maximum atomic E-state index is 13.4. The molecule has 1 aromatic rings. The monoisotopic (exact) mass is 225 g/mol. The Labute approximate surface area is 93.3 Å². The van der Waals surface area contributed by atoms with E-state index < -0.39 is 11.6 Å². The minimum absolute atomic E-state index is 0.0202. The molecule has 0 aromatic heterocycles. The van der Waals surface area contributed by atoms with E-state index in [4.69, 9.17) is 5.26 Å². The molecule has 16 heavy (non-hydrogen) atoms. The summed E-state index contributed by atoms with van der Waals surface area (Å²) >= 11 is 0. The van der Waals surface area contributed by atoms with Gasteiger partial charge in [-0.25, -0.2) is 8.78 Å². The van der Waals surface area contributed by atoms with Crippen molar-refractivity contribution in [3.8, 4) is 6.07 Å². The number of rotatable bonds is 4. The zero-order chi connectivity index (χ0) is 12.1. The molecule has 0 saturated carbocycles. The summed E-state index contributed by atoms with van der Waals surface area (Å²) in [5.74, 6) is -1.48. The van der Waals surface area contributed by atoms with Crippen molar-refractivity contribution in [2.24, 2.45) is 0 Å². The topological polar surface area (TPSA) is 39.1 Å². The van der Waals surface area contributed by atoms with Crippen molar-refractivity contribution in [3.05, 3.63) is 29.3 Å². The van der Waals surface area contributed by atoms with Crippen molar-refractivity contribution in [3.63, 3.8) is 0 Å². The number of hydrogen-bond donors (Lipinski definition) is 1. The van der Waals surface area contributed by atoms with Gasteiger partial charge in [-0.05, 0) is 26.2 Å². The first-order valence-corrected chi connectivity index (χ1v) is 4.82. The van der Waals surface area contributed by atoms with Crippen LogP contribution < -0.4 is 5.32 Å².